The van der Waals surface area contributed by atoms with E-state index < -0.39 is 0 Å². The van der Waals surface area contributed by atoms with Crippen molar-refractivity contribution < 1.29 is 74.2 Å². The van der Waals surface area contributed by atoms with Gasteiger partial charge in [-0.25, -0.2) is 0 Å². The summed E-state index contributed by atoms with van der Waals surface area (Å²) >= 11 is 0. The van der Waals surface area contributed by atoms with Crippen molar-refractivity contribution in [2.75, 3.05) is 0 Å². The van der Waals surface area contributed by atoms with Gasteiger partial charge < -0.3 is 4.98 Å². The van der Waals surface area contributed by atoms with Crippen molar-refractivity contribution in [2.24, 2.45) is 0 Å². The number of nitrogens with one attached hydrogen (secondary N) is 1. The van der Waals surface area contributed by atoms with Gasteiger partial charge in [0, 0.05) is 90.8 Å². The van der Waals surface area contributed by atoms with Crippen LogP contribution in [0.3, 0.4) is 0 Å². The number of hydrogen-bond acceptors (Lipinski definition) is 0. The Morgan fingerprint density at radius 2 is 1.20 bits per heavy atom. The van der Waals surface area contributed by atoms with Gasteiger partial charge in [0.2, 0.25) is 0 Å². The van der Waals surface area contributed by atoms with Crippen LogP contribution in [0.5, 0.6) is 0 Å². The smallest absolute Gasteiger partial charge is 0.0491 e. The second-order valence-corrected chi connectivity index (χ2v) is 5.17. The largest absolute Gasteiger partial charge is 0.358 e. The molecule has 0 atom stereocenters. The molecule has 0 saturated carbocycles. The second-order valence-electron chi connectivity index (χ2n) is 5.17. The third-order valence-electron chi connectivity index (χ3n) is 3.93. The minimum absolute atomic E-state index is 0. The predicted octanol–water partition coefficient (Wildman–Crippen LogP) is 4.51. The van der Waals surface area contributed by atoms with Crippen molar-refractivity contribution in [1.29, 1.82) is 0 Å². The molecule has 0 saturated heterocycles. The summed E-state index contributed by atoms with van der Waals surface area (Å²) < 4.78 is 0. The summed E-state index contributed by atoms with van der Waals surface area (Å²) in [6.07, 6.45) is 0. The number of aromatic nitrogens is 1. The van der Waals surface area contributed by atoms with Gasteiger partial charge in [-0.1, -0.05) is 13.8 Å². The van der Waals surface area contributed by atoms with Crippen molar-refractivity contribution in [3.63, 3.8) is 0 Å². The van der Waals surface area contributed by atoms with Gasteiger partial charge >= 0.3 is 0 Å². The monoisotopic (exact) mass is 419 g/mol. The minimum atomic E-state index is 0. The van der Waals surface area contributed by atoms with E-state index in [9.17, 15) is 0 Å². The number of rotatable bonds is 1. The van der Waals surface area contributed by atoms with Gasteiger partial charge in [0.1, 0.15) is 0 Å². The first kappa shape index (κ1) is 26.0. The molecule has 4 radical (unpaired) electrons. The molecule has 2 rings (SSSR count). The van der Waals surface area contributed by atoms with E-state index in [0.29, 0.717) is 5.92 Å². The molecule has 1 aromatic carbocycles. The summed E-state index contributed by atoms with van der Waals surface area (Å²) in [7, 11) is 0. The average Bonchev–Trinajstić information content (AvgIpc) is 2.68. The number of benzene rings is 1. The van der Waals surface area contributed by atoms with Gasteiger partial charge in [-0.05, 0) is 61.9 Å². The molecule has 20 heavy (non-hydrogen) atoms. The molecular weight excluding hydrogens is 398 g/mol. The molecule has 0 aliphatic carbocycles. The van der Waals surface area contributed by atoms with Crippen LogP contribution < -0.4 is 0 Å². The SMILES string of the molecule is Cc1c(C)c(C)c2[nH]c(C(C)C)cc2c1C.[V].[V].[V].[V]. The van der Waals surface area contributed by atoms with Crippen molar-refractivity contribution in [2.45, 2.75) is 47.5 Å². The summed E-state index contributed by atoms with van der Waals surface area (Å²) in [6.45, 7) is 13.3. The Kier molecular flexibility index (Phi) is 13.0. The Balaban J connectivity index is -0.000000722. The van der Waals surface area contributed by atoms with E-state index in [-0.39, 0.29) is 74.2 Å². The standard InChI is InChI=1S/C15H21N.4V/c1-8(2)14-7-13-11(5)9(3)10(4)12(6)15(13)16-14;;;;/h7-8,16H,1-6H3;;;;. The maximum Gasteiger partial charge on any atom is 0.0491 e. The quantitative estimate of drug-likeness (QED) is 0.700. The van der Waals surface area contributed by atoms with Crippen molar-refractivity contribution in [3.05, 3.63) is 34.0 Å². The van der Waals surface area contributed by atoms with E-state index in [2.05, 4.69) is 52.6 Å². The summed E-state index contributed by atoms with van der Waals surface area (Å²) in [6, 6.07) is 2.31. The molecular formula is C15H21NV4. The summed E-state index contributed by atoms with van der Waals surface area (Å²) in [4.78, 5) is 3.57. The molecule has 2 aromatic rings. The van der Waals surface area contributed by atoms with Gasteiger partial charge in [-0.3, -0.25) is 0 Å². The maximum atomic E-state index is 3.57. The number of aryl methyl sites for hydroxylation is 2. The Labute approximate surface area is 170 Å². The van der Waals surface area contributed by atoms with E-state index in [1.165, 1.54) is 38.9 Å². The van der Waals surface area contributed by atoms with Gasteiger partial charge in [-0.15, -0.1) is 0 Å². The first-order chi connectivity index (χ1) is 7.43. The van der Waals surface area contributed by atoms with Crippen molar-refractivity contribution in [1.82, 2.24) is 4.98 Å². The zero-order valence-corrected chi connectivity index (χ0v) is 18.5. The van der Waals surface area contributed by atoms with Crippen LogP contribution in [0, 0.1) is 27.7 Å². The molecule has 0 fully saturated rings. The molecule has 0 spiro atoms. The third-order valence-corrected chi connectivity index (χ3v) is 3.93. The fourth-order valence-corrected chi connectivity index (χ4v) is 2.33. The summed E-state index contributed by atoms with van der Waals surface area (Å²) in [5.41, 5.74) is 8.32. The first-order valence-corrected chi connectivity index (χ1v) is 6.02. The summed E-state index contributed by atoms with van der Waals surface area (Å²) in [5, 5.41) is 1.39. The number of fused-ring (bicyclic) bond motifs is 1. The zero-order valence-electron chi connectivity index (χ0n) is 12.9. The van der Waals surface area contributed by atoms with Crippen LogP contribution in [0.4, 0.5) is 0 Å². The average molecular weight is 419 g/mol. The molecule has 1 N–H and O–H groups in total. The van der Waals surface area contributed by atoms with Crippen molar-refractivity contribution in [3.8, 4) is 0 Å². The predicted molar refractivity (Wildman–Crippen MR) is 71.3 cm³/mol. The van der Waals surface area contributed by atoms with Crippen molar-refractivity contribution >= 4 is 10.9 Å². The van der Waals surface area contributed by atoms with Gasteiger partial charge in [0.05, 0.1) is 0 Å². The Morgan fingerprint density at radius 3 is 1.65 bits per heavy atom. The van der Waals surface area contributed by atoms with Crippen LogP contribution >= 0.6 is 0 Å². The normalized spacial score (nSPS) is 9.35. The van der Waals surface area contributed by atoms with Crippen LogP contribution in [-0.4, -0.2) is 4.98 Å². The topological polar surface area (TPSA) is 15.8 Å². The fraction of sp³-hybridized carbons (Fsp3) is 0.467. The number of aromatic amines is 1. The third kappa shape index (κ3) is 4.54. The summed E-state index contributed by atoms with van der Waals surface area (Å²) in [5.74, 6) is 0.562. The molecule has 1 aromatic heterocycles. The molecule has 0 aliphatic heterocycles. The minimum Gasteiger partial charge on any atom is -0.358 e. The van der Waals surface area contributed by atoms with Crippen LogP contribution in [0.2, 0.25) is 0 Å². The molecule has 1 nitrogen and oxygen atoms in total. The van der Waals surface area contributed by atoms with Crippen LogP contribution in [0.1, 0.15) is 47.7 Å². The Morgan fingerprint density at radius 1 is 0.750 bits per heavy atom. The maximum absolute atomic E-state index is 3.57. The second kappa shape index (κ2) is 9.98. The zero-order chi connectivity index (χ0) is 12.0. The molecule has 0 unspecified atom stereocenters. The number of hydrogen-bond donors (Lipinski definition) is 1. The molecule has 106 valence electrons. The van der Waals surface area contributed by atoms with Crippen LogP contribution in [0.15, 0.2) is 6.07 Å². The van der Waals surface area contributed by atoms with Crippen LogP contribution in [0.25, 0.3) is 10.9 Å². The van der Waals surface area contributed by atoms with E-state index >= 15 is 0 Å². The molecule has 0 aliphatic rings. The van der Waals surface area contributed by atoms with Crippen LogP contribution in [-0.2, 0) is 74.2 Å². The number of H-pyrrole nitrogens is 1. The Bertz CT molecular complexity index is 514. The first-order valence-electron chi connectivity index (χ1n) is 6.02. The van der Waals surface area contributed by atoms with E-state index in [1.807, 2.05) is 0 Å². The van der Waals surface area contributed by atoms with E-state index in [0.717, 1.165) is 0 Å². The Hall–Kier alpha value is 1.10. The van der Waals surface area contributed by atoms with Gasteiger partial charge in [-0.2, -0.15) is 0 Å². The van der Waals surface area contributed by atoms with E-state index in [4.69, 9.17) is 0 Å². The van der Waals surface area contributed by atoms with Gasteiger partial charge in [0.25, 0.3) is 0 Å². The van der Waals surface area contributed by atoms with E-state index in [1.54, 1.807) is 0 Å². The van der Waals surface area contributed by atoms with Gasteiger partial charge in [0.15, 0.2) is 0 Å². The molecule has 0 bridgehead atoms. The molecule has 1 heterocycles. The fourth-order valence-electron chi connectivity index (χ4n) is 2.33. The molecule has 5 heteroatoms. The molecule has 0 amide bonds.